The number of nitrogens with two attached hydrogens (primary N) is 2. The van der Waals surface area contributed by atoms with Crippen LogP contribution in [0.15, 0.2) is 60.5 Å². The molecule has 0 unspecified atom stereocenters. The number of rotatable bonds is 23. The predicted molar refractivity (Wildman–Crippen MR) is 268 cm³/mol. The van der Waals surface area contributed by atoms with Crippen LogP contribution in [0.3, 0.4) is 0 Å². The molecule has 1 aliphatic heterocycles. The number of thiazole rings is 1. The number of fused-ring (bicyclic) bond motifs is 1. The van der Waals surface area contributed by atoms with Crippen molar-refractivity contribution in [3.05, 3.63) is 83.1 Å². The molecule has 19 nitrogen and oxygen atoms in total. The Morgan fingerprint density at radius 1 is 0.859 bits per heavy atom. The molecule has 1 fully saturated rings. The first-order valence-electron chi connectivity index (χ1n) is 23.3. The number of pyridine rings is 2. The lowest BCUT2D eigenvalue weighted by Gasteiger charge is -2.35. The second kappa shape index (κ2) is 25.0. The van der Waals surface area contributed by atoms with Crippen molar-refractivity contribution in [2.24, 2.45) is 5.41 Å². The van der Waals surface area contributed by atoms with E-state index in [1.54, 1.807) is 35.9 Å². The number of aliphatic hydroxyl groups excluding tert-OH is 1. The van der Waals surface area contributed by atoms with Crippen LogP contribution >= 0.6 is 11.3 Å². The van der Waals surface area contributed by atoms with Gasteiger partial charge in [0.05, 0.1) is 79.4 Å². The number of carbonyl (C=O) groups is 5. The fraction of sp³-hybridized carbons (Fsp3) is 0.440. The summed E-state index contributed by atoms with van der Waals surface area (Å²) in [4.78, 5) is 80.3. The van der Waals surface area contributed by atoms with E-state index in [0.717, 1.165) is 21.7 Å². The van der Waals surface area contributed by atoms with Crippen LogP contribution in [0.5, 0.6) is 0 Å². The maximum Gasteiger partial charge on any atom is 0.246 e. The van der Waals surface area contributed by atoms with Crippen LogP contribution < -0.4 is 32.7 Å². The van der Waals surface area contributed by atoms with Gasteiger partial charge in [-0.3, -0.25) is 29.0 Å². The van der Waals surface area contributed by atoms with Crippen LogP contribution in [-0.2, 0) is 44.7 Å². The first-order chi connectivity index (χ1) is 33.9. The number of anilines is 3. The molecule has 21 heteroatoms. The van der Waals surface area contributed by atoms with E-state index in [1.807, 2.05) is 52.0 Å². The lowest BCUT2D eigenvalue weighted by molar-refractivity contribution is -0.144. The van der Waals surface area contributed by atoms with E-state index < -0.39 is 41.2 Å². The lowest BCUT2D eigenvalue weighted by Crippen LogP contribution is -2.57. The summed E-state index contributed by atoms with van der Waals surface area (Å²) in [5, 5.41) is 22.6. The van der Waals surface area contributed by atoms with Gasteiger partial charge in [-0.05, 0) is 53.5 Å². The summed E-state index contributed by atoms with van der Waals surface area (Å²) in [6.45, 7) is 10.6. The Labute approximate surface area is 415 Å². The average molecular weight is 999 g/mol. The molecule has 5 amide bonds. The van der Waals surface area contributed by atoms with Crippen molar-refractivity contribution in [2.75, 3.05) is 69.5 Å². The van der Waals surface area contributed by atoms with Gasteiger partial charge in [0.25, 0.3) is 0 Å². The fourth-order valence-corrected chi connectivity index (χ4v) is 8.68. The Balaban J connectivity index is 0.811. The first kappa shape index (κ1) is 53.7. The largest absolute Gasteiger partial charge is 0.397 e. The van der Waals surface area contributed by atoms with E-state index in [4.69, 9.17) is 25.7 Å². The topological polar surface area (TPSA) is 275 Å². The van der Waals surface area contributed by atoms with Crippen molar-refractivity contribution in [3.63, 3.8) is 0 Å². The molecule has 6 rings (SSSR count). The number of nitrogen functional groups attached to an aromatic ring is 2. The lowest BCUT2D eigenvalue weighted by atomic mass is 9.85. The number of likely N-dealkylation sites (tertiary alicyclic amines) is 1. The van der Waals surface area contributed by atoms with Crippen molar-refractivity contribution >= 4 is 68.8 Å². The Morgan fingerprint density at radius 3 is 2.20 bits per heavy atom. The maximum atomic E-state index is 15.3. The third kappa shape index (κ3) is 14.7. The first-order valence-corrected chi connectivity index (χ1v) is 24.2. The van der Waals surface area contributed by atoms with E-state index in [0.29, 0.717) is 27.6 Å². The molecule has 1 saturated heterocycles. The summed E-state index contributed by atoms with van der Waals surface area (Å²) < 4.78 is 31.8. The number of amides is 5. The zero-order valence-corrected chi connectivity index (χ0v) is 41.5. The van der Waals surface area contributed by atoms with Crippen molar-refractivity contribution < 1.29 is 47.7 Å². The molecule has 380 valence electrons. The second-order valence-corrected chi connectivity index (χ2v) is 19.1. The summed E-state index contributed by atoms with van der Waals surface area (Å²) in [7, 11) is 0. The zero-order valence-electron chi connectivity index (χ0n) is 40.6. The van der Waals surface area contributed by atoms with Gasteiger partial charge in [0.2, 0.25) is 29.5 Å². The molecule has 4 heterocycles. The number of nitrogens with one attached hydrogen (secondary N) is 4. The minimum atomic E-state index is -0.962. The van der Waals surface area contributed by atoms with Crippen molar-refractivity contribution in [1.29, 1.82) is 0 Å². The molecular formula is C50H63FN10O9S. The molecule has 0 spiro atoms. The minimum Gasteiger partial charge on any atom is -0.397 e. The number of halogens is 1. The van der Waals surface area contributed by atoms with E-state index in [9.17, 15) is 29.1 Å². The molecular weight excluding hydrogens is 936 g/mol. The Bertz CT molecular complexity index is 2680. The number of β-amino-alcohol motifs (C(OH)–C–C–N with tert-alkyl or cyclic N) is 1. The Morgan fingerprint density at radius 2 is 1.54 bits per heavy atom. The molecule has 9 N–H and O–H groups in total. The van der Waals surface area contributed by atoms with Gasteiger partial charge in [0, 0.05) is 74.2 Å². The van der Waals surface area contributed by atoms with Crippen LogP contribution in [0.25, 0.3) is 32.3 Å². The quantitative estimate of drug-likeness (QED) is 0.0353. The van der Waals surface area contributed by atoms with Gasteiger partial charge in [-0.15, -0.1) is 11.3 Å². The molecule has 3 atom stereocenters. The smallest absolute Gasteiger partial charge is 0.246 e. The number of aliphatic hydroxyl groups is 1. The van der Waals surface area contributed by atoms with Crippen molar-refractivity contribution in [2.45, 2.75) is 85.0 Å². The van der Waals surface area contributed by atoms with Crippen LogP contribution in [0, 0.1) is 25.1 Å². The number of carbonyl (C=O) groups excluding carboxylic acids is 5. The standard InChI is InChI=1S/C50H63FN10O9S/c1-29-36(24-54-26-38(29)52)35-20-33-21-40(56-25-37(33)45(53)44(35)51)59-42(64)10-13-55-41(63)11-14-68-16-18-70-19-17-69-15-12-43(65)60-47(50(3,4)5)49(67)61-27-34(62)22-39(61)48(66)57-23-31-6-8-32(9-7-31)46-30(2)58-28-71-46/h6-9,20-21,24-26,28,34,39,47,62H,10-19,22-23,27,52-53H2,1-5H3,(H,55,63)(H,57,66)(H,60,65)(H,56,59,64)/t34-,39+,47-/m1/s1. The third-order valence-corrected chi connectivity index (χ3v) is 12.9. The fourth-order valence-electron chi connectivity index (χ4n) is 7.87. The van der Waals surface area contributed by atoms with Crippen LogP contribution in [0.2, 0.25) is 0 Å². The van der Waals surface area contributed by atoms with Crippen molar-refractivity contribution in [1.82, 2.24) is 35.8 Å². The summed E-state index contributed by atoms with van der Waals surface area (Å²) in [5.41, 5.74) is 17.8. The zero-order chi connectivity index (χ0) is 51.2. The van der Waals surface area contributed by atoms with Gasteiger partial charge < -0.3 is 57.0 Å². The monoisotopic (exact) mass is 998 g/mol. The molecule has 0 aliphatic carbocycles. The number of hydrogen-bond acceptors (Lipinski definition) is 15. The summed E-state index contributed by atoms with van der Waals surface area (Å²) in [6, 6.07) is 9.14. The summed E-state index contributed by atoms with van der Waals surface area (Å²) >= 11 is 1.56. The summed E-state index contributed by atoms with van der Waals surface area (Å²) in [5.74, 6) is -2.32. The van der Waals surface area contributed by atoms with E-state index >= 15 is 4.39 Å². The van der Waals surface area contributed by atoms with Gasteiger partial charge in [0.1, 0.15) is 17.9 Å². The maximum absolute atomic E-state index is 15.3. The molecule has 2 aromatic carbocycles. The number of nitrogens with zero attached hydrogens (tertiary/aromatic N) is 4. The van der Waals surface area contributed by atoms with Gasteiger partial charge in [0.15, 0.2) is 5.82 Å². The molecule has 1 aliphatic rings. The SMILES string of the molecule is Cc1ncsc1-c1ccc(CNC(=O)[C@@H]2C[C@@H](O)CN2C(=O)[C@@H](NC(=O)CCOCCOCCOCCC(=O)NCCC(=O)Nc2cc3cc(-c4cncc(N)c4C)c(F)c(N)c3cn2)C(C)(C)C)cc1. The van der Waals surface area contributed by atoms with Gasteiger partial charge in [-0.2, -0.15) is 0 Å². The molecule has 0 bridgehead atoms. The Kier molecular flexibility index (Phi) is 18.9. The molecule has 3 aromatic heterocycles. The molecule has 0 radical (unpaired) electrons. The number of aromatic nitrogens is 3. The number of aryl methyl sites for hydroxylation is 1. The predicted octanol–water partition coefficient (Wildman–Crippen LogP) is 4.42. The molecule has 71 heavy (non-hydrogen) atoms. The second-order valence-electron chi connectivity index (χ2n) is 18.3. The third-order valence-electron chi connectivity index (χ3n) is 11.9. The number of hydrogen-bond donors (Lipinski definition) is 7. The number of ether oxygens (including phenoxy) is 3. The van der Waals surface area contributed by atoms with Gasteiger partial charge in [-0.1, -0.05) is 45.0 Å². The highest BCUT2D eigenvalue weighted by molar-refractivity contribution is 7.13. The van der Waals surface area contributed by atoms with Crippen LogP contribution in [0.4, 0.5) is 21.6 Å². The number of benzene rings is 2. The van der Waals surface area contributed by atoms with Gasteiger partial charge >= 0.3 is 0 Å². The van der Waals surface area contributed by atoms with Crippen molar-refractivity contribution in [3.8, 4) is 21.6 Å². The van der Waals surface area contributed by atoms with E-state index in [2.05, 4.69) is 36.2 Å². The van der Waals surface area contributed by atoms with Crippen LogP contribution in [0.1, 0.15) is 63.3 Å². The normalized spacial score (nSPS) is 15.1. The van der Waals surface area contributed by atoms with E-state index in [1.165, 1.54) is 23.5 Å². The van der Waals surface area contributed by atoms with Gasteiger partial charge in [-0.25, -0.2) is 14.4 Å². The Hall–Kier alpha value is -6.65. The highest BCUT2D eigenvalue weighted by Gasteiger charge is 2.44. The van der Waals surface area contributed by atoms with Crippen LogP contribution in [-0.4, -0.2) is 125 Å². The highest BCUT2D eigenvalue weighted by atomic mass is 32.1. The molecule has 0 saturated carbocycles. The molecule has 5 aromatic rings. The highest BCUT2D eigenvalue weighted by Crippen LogP contribution is 2.36. The summed E-state index contributed by atoms with van der Waals surface area (Å²) in [6.07, 6.45) is 3.61. The average Bonchev–Trinajstić information content (AvgIpc) is 3.95. The minimum absolute atomic E-state index is 0.0182. The van der Waals surface area contributed by atoms with E-state index in [-0.39, 0.29) is 120 Å².